The van der Waals surface area contributed by atoms with Gasteiger partial charge in [0.15, 0.2) is 0 Å². The molecule has 0 saturated carbocycles. The third-order valence-electron chi connectivity index (χ3n) is 4.26. The molecule has 2 heterocycles. The number of nitrogens with zero attached hydrogens (tertiary/aromatic N) is 1. The summed E-state index contributed by atoms with van der Waals surface area (Å²) in [5.74, 6) is 0.891. The lowest BCUT2D eigenvalue weighted by atomic mass is 10.1. The van der Waals surface area contributed by atoms with Crippen molar-refractivity contribution in [3.05, 3.63) is 51.2 Å². The molecular weight excluding hydrogens is 356 g/mol. The summed E-state index contributed by atoms with van der Waals surface area (Å²) in [5.41, 5.74) is 1.02. The maximum Gasteiger partial charge on any atom is 0.234 e. The molecule has 2 aromatic rings. The molecule has 2 atom stereocenters. The summed E-state index contributed by atoms with van der Waals surface area (Å²) in [5, 5.41) is 5.88. The number of hydrogen-bond acceptors (Lipinski definition) is 4. The molecule has 134 valence electrons. The topological polar surface area (TPSA) is 41.6 Å². The Balaban J connectivity index is 1.66. The number of rotatable bonds is 5. The van der Waals surface area contributed by atoms with E-state index in [1.165, 1.54) is 4.88 Å². The highest BCUT2D eigenvalue weighted by Gasteiger charge is 2.23. The molecule has 0 fully saturated rings. The van der Waals surface area contributed by atoms with Crippen LogP contribution in [0.4, 0.5) is 0 Å². The molecule has 1 aliphatic heterocycles. The fourth-order valence-corrected chi connectivity index (χ4v) is 4.19. The molecule has 1 aliphatic rings. The van der Waals surface area contributed by atoms with Crippen molar-refractivity contribution in [3.8, 4) is 5.75 Å². The number of nitrogens with one attached hydrogen (secondary N) is 1. The van der Waals surface area contributed by atoms with E-state index in [0.29, 0.717) is 24.7 Å². The lowest BCUT2D eigenvalue weighted by Gasteiger charge is -2.23. The summed E-state index contributed by atoms with van der Waals surface area (Å²) < 4.78 is 5.95. The van der Waals surface area contributed by atoms with Crippen molar-refractivity contribution in [2.75, 3.05) is 13.1 Å². The number of carbonyl (C=O) groups is 1. The molecule has 0 saturated heterocycles. The predicted molar refractivity (Wildman–Crippen MR) is 102 cm³/mol. The molecule has 4 nitrogen and oxygen atoms in total. The zero-order valence-electron chi connectivity index (χ0n) is 14.5. The van der Waals surface area contributed by atoms with E-state index >= 15 is 0 Å². The highest BCUT2D eigenvalue weighted by molar-refractivity contribution is 7.10. The van der Waals surface area contributed by atoms with Crippen LogP contribution in [0, 0.1) is 0 Å². The SMILES string of the molecule is CCC(NC(=O)CN1Cc2cc(Cl)ccc2OC(C)C1)c1cccs1. The molecular formula is C19H23ClN2O2S. The van der Waals surface area contributed by atoms with Crippen LogP contribution in [0.25, 0.3) is 0 Å². The van der Waals surface area contributed by atoms with Gasteiger partial charge in [-0.15, -0.1) is 11.3 Å². The van der Waals surface area contributed by atoms with Crippen molar-refractivity contribution < 1.29 is 9.53 Å². The molecule has 0 aliphatic carbocycles. The minimum Gasteiger partial charge on any atom is -0.489 e. The standard InChI is InChI=1S/C19H23ClN2O2S/c1-3-16(18-5-4-8-25-18)21-19(23)12-22-10-13(2)24-17-7-6-15(20)9-14(17)11-22/h4-9,13,16H,3,10-12H2,1-2H3,(H,21,23). The van der Waals surface area contributed by atoms with Crippen molar-refractivity contribution in [2.45, 2.75) is 39.0 Å². The van der Waals surface area contributed by atoms with Crippen LogP contribution in [-0.4, -0.2) is 30.0 Å². The summed E-state index contributed by atoms with van der Waals surface area (Å²) in [7, 11) is 0. The number of fused-ring (bicyclic) bond motifs is 1. The van der Waals surface area contributed by atoms with Gasteiger partial charge in [0.05, 0.1) is 12.6 Å². The van der Waals surface area contributed by atoms with Gasteiger partial charge in [-0.3, -0.25) is 9.69 Å². The number of carbonyl (C=O) groups excluding carboxylic acids is 1. The number of benzene rings is 1. The highest BCUT2D eigenvalue weighted by Crippen LogP contribution is 2.28. The van der Waals surface area contributed by atoms with Gasteiger partial charge in [0, 0.05) is 28.6 Å². The van der Waals surface area contributed by atoms with Gasteiger partial charge in [-0.25, -0.2) is 0 Å². The molecule has 3 rings (SSSR count). The van der Waals surface area contributed by atoms with E-state index in [9.17, 15) is 4.79 Å². The van der Waals surface area contributed by atoms with E-state index in [-0.39, 0.29) is 18.1 Å². The zero-order valence-corrected chi connectivity index (χ0v) is 16.1. The van der Waals surface area contributed by atoms with Gasteiger partial charge in [-0.2, -0.15) is 0 Å². The third-order valence-corrected chi connectivity index (χ3v) is 5.48. The third kappa shape index (κ3) is 4.75. The molecule has 1 aromatic carbocycles. The second kappa shape index (κ2) is 8.21. The maximum atomic E-state index is 12.6. The van der Waals surface area contributed by atoms with Crippen molar-refractivity contribution in [1.82, 2.24) is 10.2 Å². The lowest BCUT2D eigenvalue weighted by molar-refractivity contribution is -0.123. The average molecular weight is 379 g/mol. The quantitative estimate of drug-likeness (QED) is 0.845. The minimum atomic E-state index is 0.0227. The molecule has 2 unspecified atom stereocenters. The Kier molecular flexibility index (Phi) is 5.99. The van der Waals surface area contributed by atoms with E-state index < -0.39 is 0 Å². The molecule has 1 aromatic heterocycles. The Labute approximate surface area is 157 Å². The first-order valence-electron chi connectivity index (χ1n) is 8.55. The molecule has 25 heavy (non-hydrogen) atoms. The fraction of sp³-hybridized carbons (Fsp3) is 0.421. The largest absolute Gasteiger partial charge is 0.489 e. The van der Waals surface area contributed by atoms with Crippen LogP contribution in [-0.2, 0) is 11.3 Å². The van der Waals surface area contributed by atoms with Gasteiger partial charge in [-0.1, -0.05) is 24.6 Å². The molecule has 1 amide bonds. The van der Waals surface area contributed by atoms with E-state index in [1.807, 2.05) is 36.6 Å². The maximum absolute atomic E-state index is 12.6. The number of halogens is 1. The molecule has 1 N–H and O–H groups in total. The normalized spacial score (nSPS) is 18.8. The lowest BCUT2D eigenvalue weighted by Crippen LogP contribution is -2.40. The number of hydrogen-bond donors (Lipinski definition) is 1. The Morgan fingerprint density at radius 1 is 1.48 bits per heavy atom. The Morgan fingerprint density at radius 2 is 2.32 bits per heavy atom. The number of ether oxygens (including phenoxy) is 1. The van der Waals surface area contributed by atoms with Crippen LogP contribution < -0.4 is 10.1 Å². The van der Waals surface area contributed by atoms with Gasteiger partial charge >= 0.3 is 0 Å². The molecule has 0 spiro atoms. The molecule has 0 bridgehead atoms. The monoisotopic (exact) mass is 378 g/mol. The Bertz CT molecular complexity index is 720. The first-order chi connectivity index (χ1) is 12.0. The molecule has 6 heteroatoms. The first kappa shape index (κ1) is 18.2. The Morgan fingerprint density at radius 3 is 3.04 bits per heavy atom. The van der Waals surface area contributed by atoms with Gasteiger partial charge in [0.25, 0.3) is 0 Å². The second-order valence-corrected chi connectivity index (χ2v) is 7.81. The summed E-state index contributed by atoms with van der Waals surface area (Å²) in [6.07, 6.45) is 0.902. The minimum absolute atomic E-state index is 0.0227. The van der Waals surface area contributed by atoms with Crippen molar-refractivity contribution >= 4 is 28.8 Å². The van der Waals surface area contributed by atoms with Gasteiger partial charge in [0.1, 0.15) is 11.9 Å². The molecule has 0 radical (unpaired) electrons. The summed E-state index contributed by atoms with van der Waals surface area (Å²) >= 11 is 7.79. The van der Waals surface area contributed by atoms with E-state index in [2.05, 4.69) is 23.2 Å². The number of amides is 1. The first-order valence-corrected chi connectivity index (χ1v) is 9.81. The van der Waals surface area contributed by atoms with Crippen LogP contribution in [0.2, 0.25) is 5.02 Å². The fourth-order valence-electron chi connectivity index (χ4n) is 3.14. The van der Waals surface area contributed by atoms with E-state index in [1.54, 1.807) is 11.3 Å². The Hall–Kier alpha value is -1.56. The van der Waals surface area contributed by atoms with E-state index in [0.717, 1.165) is 17.7 Å². The van der Waals surface area contributed by atoms with E-state index in [4.69, 9.17) is 16.3 Å². The average Bonchev–Trinajstić information content (AvgIpc) is 3.04. The summed E-state index contributed by atoms with van der Waals surface area (Å²) in [6.45, 7) is 5.82. The van der Waals surface area contributed by atoms with Crippen LogP contribution in [0.3, 0.4) is 0 Å². The second-order valence-electron chi connectivity index (χ2n) is 6.39. The van der Waals surface area contributed by atoms with Crippen molar-refractivity contribution in [3.63, 3.8) is 0 Å². The van der Waals surface area contributed by atoms with Crippen LogP contribution >= 0.6 is 22.9 Å². The number of thiophene rings is 1. The van der Waals surface area contributed by atoms with Gasteiger partial charge in [-0.05, 0) is 43.0 Å². The highest BCUT2D eigenvalue weighted by atomic mass is 35.5. The summed E-state index contributed by atoms with van der Waals surface area (Å²) in [4.78, 5) is 15.9. The zero-order chi connectivity index (χ0) is 17.8. The van der Waals surface area contributed by atoms with Crippen molar-refractivity contribution in [2.24, 2.45) is 0 Å². The smallest absolute Gasteiger partial charge is 0.234 e. The summed E-state index contributed by atoms with van der Waals surface area (Å²) in [6, 6.07) is 9.82. The van der Waals surface area contributed by atoms with Crippen LogP contribution in [0.1, 0.15) is 36.8 Å². The predicted octanol–water partition coefficient (Wildman–Crippen LogP) is 4.25. The van der Waals surface area contributed by atoms with Crippen LogP contribution in [0.5, 0.6) is 5.75 Å². The van der Waals surface area contributed by atoms with Gasteiger partial charge < -0.3 is 10.1 Å². The van der Waals surface area contributed by atoms with Gasteiger partial charge in [0.2, 0.25) is 5.91 Å². The van der Waals surface area contributed by atoms with Crippen molar-refractivity contribution in [1.29, 1.82) is 0 Å². The van der Waals surface area contributed by atoms with Crippen LogP contribution in [0.15, 0.2) is 35.7 Å².